The highest BCUT2D eigenvalue weighted by Crippen LogP contribution is 2.17. The van der Waals surface area contributed by atoms with Gasteiger partial charge in [0, 0.05) is 34.9 Å². The van der Waals surface area contributed by atoms with E-state index >= 15 is 0 Å². The molecule has 31 heavy (non-hydrogen) atoms. The van der Waals surface area contributed by atoms with Gasteiger partial charge >= 0.3 is 0 Å². The van der Waals surface area contributed by atoms with Crippen LogP contribution in [-0.2, 0) is 6.54 Å². The fraction of sp³-hybridized carbons (Fsp3) is 0.120. The summed E-state index contributed by atoms with van der Waals surface area (Å²) in [6, 6.07) is 22.3. The van der Waals surface area contributed by atoms with Crippen molar-refractivity contribution in [3.8, 4) is 5.69 Å². The third-order valence-electron chi connectivity index (χ3n) is 5.07. The lowest BCUT2D eigenvalue weighted by atomic mass is 10.1. The molecule has 4 rings (SSSR count). The molecule has 0 bridgehead atoms. The third kappa shape index (κ3) is 4.59. The van der Waals surface area contributed by atoms with Crippen LogP contribution in [0.5, 0.6) is 0 Å². The number of hydrogen-bond donors (Lipinski definition) is 2. The van der Waals surface area contributed by atoms with Gasteiger partial charge in [0.1, 0.15) is 0 Å². The summed E-state index contributed by atoms with van der Waals surface area (Å²) in [4.78, 5) is 24.5. The van der Waals surface area contributed by atoms with Crippen LogP contribution in [0.25, 0.3) is 5.69 Å². The zero-order chi connectivity index (χ0) is 21.8. The van der Waals surface area contributed by atoms with Crippen molar-refractivity contribution in [2.75, 3.05) is 5.32 Å². The second-order valence-electron chi connectivity index (χ2n) is 7.31. The first-order valence-electron chi connectivity index (χ1n) is 9.98. The van der Waals surface area contributed by atoms with Gasteiger partial charge in [-0.1, -0.05) is 12.1 Å². The lowest BCUT2D eigenvalue weighted by Crippen LogP contribution is -2.22. The monoisotopic (exact) mass is 413 g/mol. The van der Waals surface area contributed by atoms with Gasteiger partial charge in [-0.25, -0.2) is 0 Å². The lowest BCUT2D eigenvalue weighted by Gasteiger charge is -2.11. The molecular weight excluding hydrogens is 390 g/mol. The number of rotatable bonds is 6. The molecule has 0 aliphatic rings. The van der Waals surface area contributed by atoms with Crippen molar-refractivity contribution >= 4 is 17.5 Å². The average molecular weight is 413 g/mol. The summed E-state index contributed by atoms with van der Waals surface area (Å²) in [6.07, 6.45) is 1.46. The molecule has 2 aromatic carbocycles. The molecule has 6 heteroatoms. The van der Waals surface area contributed by atoms with Crippen LogP contribution in [0.1, 0.15) is 37.9 Å². The number of amides is 2. The molecule has 6 nitrogen and oxygen atoms in total. The predicted molar refractivity (Wildman–Crippen MR) is 120 cm³/mol. The molecular formula is C25H23N3O3. The molecule has 4 aromatic rings. The van der Waals surface area contributed by atoms with Crippen molar-refractivity contribution in [1.82, 2.24) is 9.88 Å². The Bertz CT molecular complexity index is 1170. The van der Waals surface area contributed by atoms with Crippen LogP contribution in [0.2, 0.25) is 0 Å². The summed E-state index contributed by atoms with van der Waals surface area (Å²) in [5.74, 6) is -0.188. The first-order chi connectivity index (χ1) is 15.0. The highest BCUT2D eigenvalue weighted by molar-refractivity contribution is 6.02. The molecule has 0 aliphatic carbocycles. The number of hydrogen-bond acceptors (Lipinski definition) is 3. The summed E-state index contributed by atoms with van der Waals surface area (Å²) < 4.78 is 7.22. The van der Waals surface area contributed by atoms with E-state index in [1.54, 1.807) is 24.3 Å². The largest absolute Gasteiger partial charge is 0.459 e. The van der Waals surface area contributed by atoms with E-state index in [-0.39, 0.29) is 17.6 Å². The Morgan fingerprint density at radius 2 is 1.52 bits per heavy atom. The Morgan fingerprint density at radius 1 is 0.839 bits per heavy atom. The Balaban J connectivity index is 1.34. The van der Waals surface area contributed by atoms with Gasteiger partial charge in [0.05, 0.1) is 6.26 Å². The molecule has 0 fully saturated rings. The summed E-state index contributed by atoms with van der Waals surface area (Å²) >= 11 is 0. The van der Waals surface area contributed by atoms with Crippen molar-refractivity contribution in [3.05, 3.63) is 107 Å². The van der Waals surface area contributed by atoms with Gasteiger partial charge in [-0.2, -0.15) is 0 Å². The molecule has 0 aliphatic heterocycles. The molecule has 0 spiro atoms. The van der Waals surface area contributed by atoms with Gasteiger partial charge in [-0.3, -0.25) is 9.59 Å². The van der Waals surface area contributed by atoms with Crippen molar-refractivity contribution in [2.24, 2.45) is 0 Å². The highest BCUT2D eigenvalue weighted by atomic mass is 16.3. The lowest BCUT2D eigenvalue weighted by molar-refractivity contribution is 0.0950. The summed E-state index contributed by atoms with van der Waals surface area (Å²) in [7, 11) is 0. The first kappa shape index (κ1) is 20.2. The second kappa shape index (κ2) is 8.75. The number of aromatic nitrogens is 1. The van der Waals surface area contributed by atoms with Crippen LogP contribution >= 0.6 is 0 Å². The Morgan fingerprint density at radius 3 is 2.13 bits per heavy atom. The van der Waals surface area contributed by atoms with Crippen LogP contribution in [-0.4, -0.2) is 16.4 Å². The van der Waals surface area contributed by atoms with Crippen LogP contribution in [0.15, 0.2) is 83.5 Å². The Kier molecular flexibility index (Phi) is 5.71. The van der Waals surface area contributed by atoms with Crippen molar-refractivity contribution in [1.29, 1.82) is 0 Å². The van der Waals surface area contributed by atoms with Gasteiger partial charge in [-0.15, -0.1) is 0 Å². The molecule has 0 saturated heterocycles. The van der Waals surface area contributed by atoms with E-state index in [4.69, 9.17) is 4.42 Å². The minimum atomic E-state index is -0.306. The fourth-order valence-electron chi connectivity index (χ4n) is 3.43. The zero-order valence-corrected chi connectivity index (χ0v) is 17.4. The van der Waals surface area contributed by atoms with E-state index < -0.39 is 0 Å². The van der Waals surface area contributed by atoms with E-state index in [2.05, 4.69) is 41.2 Å². The molecule has 156 valence electrons. The minimum Gasteiger partial charge on any atom is -0.459 e. The third-order valence-corrected chi connectivity index (χ3v) is 5.07. The summed E-state index contributed by atoms with van der Waals surface area (Å²) in [5, 5.41) is 5.69. The molecule has 2 N–H and O–H groups in total. The quantitative estimate of drug-likeness (QED) is 0.473. The molecule has 2 amide bonds. The van der Waals surface area contributed by atoms with Gasteiger partial charge in [0.25, 0.3) is 11.8 Å². The number of nitrogens with zero attached hydrogens (tertiary/aromatic N) is 1. The molecule has 0 atom stereocenters. The number of benzene rings is 2. The molecule has 2 aromatic heterocycles. The van der Waals surface area contributed by atoms with E-state index in [0.29, 0.717) is 17.8 Å². The Labute approximate surface area is 180 Å². The smallest absolute Gasteiger partial charge is 0.291 e. The maximum absolute atomic E-state index is 12.5. The van der Waals surface area contributed by atoms with Gasteiger partial charge in [-0.05, 0) is 80.1 Å². The molecule has 0 unspecified atom stereocenters. The first-order valence-corrected chi connectivity index (χ1v) is 9.98. The van der Waals surface area contributed by atoms with Gasteiger partial charge in [0.2, 0.25) is 0 Å². The second-order valence-corrected chi connectivity index (χ2v) is 7.31. The molecule has 0 radical (unpaired) electrons. The van der Waals surface area contributed by atoms with Crippen LogP contribution in [0.3, 0.4) is 0 Å². The average Bonchev–Trinajstić information content (AvgIpc) is 3.43. The SMILES string of the molecule is Cc1ccc(C)n1-c1ccc(C(=O)NCc2ccc(NC(=O)c3ccco3)cc2)cc1. The van der Waals surface area contributed by atoms with Crippen LogP contribution < -0.4 is 10.6 Å². The molecule has 0 saturated carbocycles. The van der Waals surface area contributed by atoms with Crippen LogP contribution in [0.4, 0.5) is 5.69 Å². The number of aryl methyl sites for hydroxylation is 2. The minimum absolute atomic E-state index is 0.136. The van der Waals surface area contributed by atoms with Gasteiger partial charge in [0.15, 0.2) is 5.76 Å². The number of carbonyl (C=O) groups excluding carboxylic acids is 2. The summed E-state index contributed by atoms with van der Waals surface area (Å²) in [5.41, 5.74) is 5.52. The van der Waals surface area contributed by atoms with Gasteiger partial charge < -0.3 is 19.6 Å². The van der Waals surface area contributed by atoms with E-state index in [1.807, 2.05) is 36.4 Å². The van der Waals surface area contributed by atoms with E-state index in [1.165, 1.54) is 6.26 Å². The summed E-state index contributed by atoms with van der Waals surface area (Å²) in [6.45, 7) is 4.51. The fourth-order valence-corrected chi connectivity index (χ4v) is 3.43. The Hall–Kier alpha value is -4.06. The predicted octanol–water partition coefficient (Wildman–Crippen LogP) is 4.87. The van der Waals surface area contributed by atoms with E-state index in [9.17, 15) is 9.59 Å². The topological polar surface area (TPSA) is 76.3 Å². The maximum Gasteiger partial charge on any atom is 0.291 e. The number of nitrogens with one attached hydrogen (secondary N) is 2. The van der Waals surface area contributed by atoms with Crippen molar-refractivity contribution in [3.63, 3.8) is 0 Å². The maximum atomic E-state index is 12.5. The number of furan rings is 1. The highest BCUT2D eigenvalue weighted by Gasteiger charge is 2.10. The normalized spacial score (nSPS) is 10.6. The molecule has 2 heterocycles. The number of anilines is 1. The zero-order valence-electron chi connectivity index (χ0n) is 17.4. The standard InChI is InChI=1S/C25H23N3O3/c1-17-5-6-18(2)28(17)22-13-9-20(10-14-22)24(29)26-16-19-7-11-21(12-8-19)27-25(30)23-4-3-15-31-23/h3-15H,16H2,1-2H3,(H,26,29)(H,27,30). The van der Waals surface area contributed by atoms with Crippen LogP contribution in [0, 0.1) is 13.8 Å². The van der Waals surface area contributed by atoms with Crippen molar-refractivity contribution < 1.29 is 14.0 Å². The number of carbonyl (C=O) groups is 2. The van der Waals surface area contributed by atoms with Crippen molar-refractivity contribution in [2.45, 2.75) is 20.4 Å². The van der Waals surface area contributed by atoms with E-state index in [0.717, 1.165) is 22.6 Å².